The van der Waals surface area contributed by atoms with Crippen LogP contribution in [0.2, 0.25) is 0 Å². The quantitative estimate of drug-likeness (QED) is 0.720. The lowest BCUT2D eigenvalue weighted by atomic mass is 10.1. The van der Waals surface area contributed by atoms with Gasteiger partial charge in [-0.1, -0.05) is 6.07 Å². The molecule has 1 saturated heterocycles. The van der Waals surface area contributed by atoms with Crippen molar-refractivity contribution in [2.45, 2.75) is 25.3 Å². The monoisotopic (exact) mass is 352 g/mol. The van der Waals surface area contributed by atoms with E-state index in [1.165, 1.54) is 0 Å². The molecule has 3 aromatic rings. The van der Waals surface area contributed by atoms with Crippen LogP contribution in [0, 0.1) is 0 Å². The molecule has 1 aliphatic heterocycles. The second kappa shape index (κ2) is 7.67. The van der Waals surface area contributed by atoms with Crippen LogP contribution in [0.5, 0.6) is 0 Å². The second-order valence-electron chi connectivity index (χ2n) is 6.13. The Morgan fingerprint density at radius 3 is 2.85 bits per heavy atom. The fourth-order valence-electron chi connectivity index (χ4n) is 2.94. The fraction of sp³-hybridized carbons (Fsp3) is 0.389. The van der Waals surface area contributed by atoms with Crippen molar-refractivity contribution in [3.05, 3.63) is 42.5 Å². The number of rotatable bonds is 6. The Morgan fingerprint density at radius 1 is 1.12 bits per heavy atom. The predicted molar refractivity (Wildman–Crippen MR) is 94.2 cm³/mol. The second-order valence-corrected chi connectivity index (χ2v) is 6.13. The summed E-state index contributed by atoms with van der Waals surface area (Å²) < 4.78 is 7.28. The Bertz CT molecular complexity index is 861. The van der Waals surface area contributed by atoms with Gasteiger partial charge in [0.2, 0.25) is 0 Å². The van der Waals surface area contributed by atoms with Crippen LogP contribution in [0.15, 0.2) is 36.7 Å². The molecule has 0 saturated carbocycles. The summed E-state index contributed by atoms with van der Waals surface area (Å²) in [5, 5.41) is 13.8. The van der Waals surface area contributed by atoms with Crippen molar-refractivity contribution in [3.63, 3.8) is 0 Å². The van der Waals surface area contributed by atoms with Gasteiger partial charge in [0, 0.05) is 38.1 Å². The van der Waals surface area contributed by atoms with E-state index in [1.807, 2.05) is 28.9 Å². The number of aliphatic hydroxyl groups excluding tert-OH is 1. The Morgan fingerprint density at radius 2 is 2.08 bits per heavy atom. The number of aryl methyl sites for hydroxylation is 1. The minimum atomic E-state index is 0.101. The van der Waals surface area contributed by atoms with E-state index >= 15 is 0 Å². The van der Waals surface area contributed by atoms with Crippen LogP contribution in [-0.2, 0) is 11.3 Å². The van der Waals surface area contributed by atoms with Gasteiger partial charge in [-0.15, -0.1) is 0 Å². The van der Waals surface area contributed by atoms with Crippen LogP contribution in [0.4, 0.5) is 0 Å². The van der Waals surface area contributed by atoms with Crippen molar-refractivity contribution in [2.75, 3.05) is 19.8 Å². The fourth-order valence-corrected chi connectivity index (χ4v) is 2.94. The number of aliphatic hydroxyl groups is 1. The van der Waals surface area contributed by atoms with E-state index in [0.29, 0.717) is 42.6 Å². The van der Waals surface area contributed by atoms with Crippen molar-refractivity contribution in [1.82, 2.24) is 29.7 Å². The molecule has 26 heavy (non-hydrogen) atoms. The average molecular weight is 352 g/mol. The van der Waals surface area contributed by atoms with Crippen molar-refractivity contribution >= 4 is 0 Å². The van der Waals surface area contributed by atoms with Gasteiger partial charge in [-0.25, -0.2) is 19.6 Å². The van der Waals surface area contributed by atoms with E-state index in [2.05, 4.69) is 20.1 Å². The molecule has 0 aliphatic carbocycles. The molecule has 0 amide bonds. The summed E-state index contributed by atoms with van der Waals surface area (Å²) in [5.41, 5.74) is 1.40. The molecule has 0 radical (unpaired) electrons. The normalized spacial score (nSPS) is 16.9. The molecule has 1 aliphatic rings. The number of ether oxygens (including phenoxy) is 1. The lowest BCUT2D eigenvalue weighted by Gasteiger charge is -2.05. The summed E-state index contributed by atoms with van der Waals surface area (Å²) in [5.74, 6) is 2.21. The van der Waals surface area contributed by atoms with E-state index in [-0.39, 0.29) is 12.5 Å². The zero-order valence-corrected chi connectivity index (χ0v) is 14.3. The van der Waals surface area contributed by atoms with Crippen LogP contribution in [-0.4, -0.2) is 54.6 Å². The molecule has 1 N–H and O–H groups in total. The molecule has 4 rings (SSSR count). The van der Waals surface area contributed by atoms with Crippen LogP contribution in [0.25, 0.3) is 23.0 Å². The maximum absolute atomic E-state index is 9.18. The zero-order chi connectivity index (χ0) is 17.8. The molecule has 3 aromatic heterocycles. The molecule has 1 atom stereocenters. The first-order valence-electron chi connectivity index (χ1n) is 8.73. The van der Waals surface area contributed by atoms with E-state index in [9.17, 15) is 5.11 Å². The molecule has 0 spiro atoms. The topological polar surface area (TPSA) is 98.8 Å². The van der Waals surface area contributed by atoms with Crippen LogP contribution in [0.3, 0.4) is 0 Å². The zero-order valence-electron chi connectivity index (χ0n) is 14.3. The number of pyridine rings is 1. The van der Waals surface area contributed by atoms with Gasteiger partial charge >= 0.3 is 0 Å². The Balaban J connectivity index is 1.71. The summed E-state index contributed by atoms with van der Waals surface area (Å²) >= 11 is 0. The highest BCUT2D eigenvalue weighted by molar-refractivity contribution is 5.56. The first kappa shape index (κ1) is 16.7. The molecule has 134 valence electrons. The summed E-state index contributed by atoms with van der Waals surface area (Å²) in [6.07, 6.45) is 4.95. The van der Waals surface area contributed by atoms with Crippen LogP contribution in [0.1, 0.15) is 24.6 Å². The molecule has 1 unspecified atom stereocenters. The highest BCUT2D eigenvalue weighted by Gasteiger charge is 2.24. The summed E-state index contributed by atoms with van der Waals surface area (Å²) in [6.45, 7) is 2.06. The van der Waals surface area contributed by atoms with Gasteiger partial charge in [0.15, 0.2) is 17.5 Å². The summed E-state index contributed by atoms with van der Waals surface area (Å²) in [4.78, 5) is 18.0. The third-order valence-electron chi connectivity index (χ3n) is 4.29. The molecule has 4 heterocycles. The van der Waals surface area contributed by atoms with Gasteiger partial charge < -0.3 is 9.84 Å². The Hall–Kier alpha value is -2.71. The van der Waals surface area contributed by atoms with Gasteiger partial charge in [0.1, 0.15) is 11.4 Å². The largest absolute Gasteiger partial charge is 0.396 e. The predicted octanol–water partition coefficient (Wildman–Crippen LogP) is 1.68. The molecule has 8 heteroatoms. The molecule has 1 fully saturated rings. The smallest absolute Gasteiger partial charge is 0.178 e. The minimum absolute atomic E-state index is 0.101. The third-order valence-corrected chi connectivity index (χ3v) is 4.29. The van der Waals surface area contributed by atoms with Gasteiger partial charge in [-0.05, 0) is 31.0 Å². The number of aromatic nitrogens is 6. The molecule has 0 bridgehead atoms. The molecular formula is C18H20N6O2. The van der Waals surface area contributed by atoms with Gasteiger partial charge in [0.25, 0.3) is 0 Å². The lowest BCUT2D eigenvalue weighted by Crippen LogP contribution is -2.07. The van der Waals surface area contributed by atoms with Gasteiger partial charge in [-0.3, -0.25) is 4.98 Å². The van der Waals surface area contributed by atoms with Crippen molar-refractivity contribution in [3.8, 4) is 23.0 Å². The first-order valence-corrected chi connectivity index (χ1v) is 8.73. The standard InChI is InChI=1S/C18H20N6O2/c25-10-3-9-24-18(22-16(23-24)13-6-11-26-12-13)15-5-8-20-17(21-15)14-4-1-2-7-19-14/h1-2,4-5,7-8,13,25H,3,6,9-12H2. The van der Waals surface area contributed by atoms with Gasteiger partial charge in [-0.2, -0.15) is 5.10 Å². The van der Waals surface area contributed by atoms with E-state index in [4.69, 9.17) is 9.72 Å². The first-order chi connectivity index (χ1) is 12.8. The van der Waals surface area contributed by atoms with E-state index in [0.717, 1.165) is 18.9 Å². The highest BCUT2D eigenvalue weighted by Crippen LogP contribution is 2.26. The summed E-state index contributed by atoms with van der Waals surface area (Å²) in [6, 6.07) is 7.45. The SMILES string of the molecule is OCCCn1nc(C2CCOC2)nc1-c1ccnc(-c2ccccn2)n1. The lowest BCUT2D eigenvalue weighted by molar-refractivity contribution is 0.193. The van der Waals surface area contributed by atoms with E-state index < -0.39 is 0 Å². The van der Waals surface area contributed by atoms with Gasteiger partial charge in [0.05, 0.1) is 6.61 Å². The third kappa shape index (κ3) is 3.47. The number of hydrogen-bond donors (Lipinski definition) is 1. The minimum Gasteiger partial charge on any atom is -0.396 e. The maximum Gasteiger partial charge on any atom is 0.178 e. The highest BCUT2D eigenvalue weighted by atomic mass is 16.5. The Kier molecular flexibility index (Phi) is 4.94. The summed E-state index contributed by atoms with van der Waals surface area (Å²) in [7, 11) is 0. The van der Waals surface area contributed by atoms with Crippen molar-refractivity contribution < 1.29 is 9.84 Å². The maximum atomic E-state index is 9.18. The number of nitrogens with zero attached hydrogens (tertiary/aromatic N) is 6. The molecule has 0 aromatic carbocycles. The number of hydrogen-bond acceptors (Lipinski definition) is 7. The molecule has 8 nitrogen and oxygen atoms in total. The average Bonchev–Trinajstić information content (AvgIpc) is 3.37. The van der Waals surface area contributed by atoms with Crippen LogP contribution < -0.4 is 0 Å². The van der Waals surface area contributed by atoms with Crippen LogP contribution >= 0.6 is 0 Å². The van der Waals surface area contributed by atoms with Crippen molar-refractivity contribution in [1.29, 1.82) is 0 Å². The Labute approximate surface area is 150 Å². The van der Waals surface area contributed by atoms with Crippen molar-refractivity contribution in [2.24, 2.45) is 0 Å². The van der Waals surface area contributed by atoms with E-state index in [1.54, 1.807) is 12.4 Å². The molecular weight excluding hydrogens is 332 g/mol.